The molecule has 1 aliphatic rings. The second-order valence-corrected chi connectivity index (χ2v) is 3.14. The predicted octanol–water partition coefficient (Wildman–Crippen LogP) is 3.37. The summed E-state index contributed by atoms with van der Waals surface area (Å²) in [6, 6.07) is 8.61. The van der Waals surface area contributed by atoms with E-state index >= 15 is 0 Å². The number of hydrogen-bond donors (Lipinski definition) is 0. The van der Waals surface area contributed by atoms with Crippen molar-refractivity contribution >= 4 is 6.08 Å². The van der Waals surface area contributed by atoms with Gasteiger partial charge in [-0.3, -0.25) is 0 Å². The molecule has 0 radical (unpaired) electrons. The first kappa shape index (κ1) is 7.35. The highest BCUT2D eigenvalue weighted by molar-refractivity contribution is 5.48. The van der Waals surface area contributed by atoms with E-state index in [-0.39, 0.29) is 0 Å². The number of benzene rings is 1. The van der Waals surface area contributed by atoms with E-state index in [0.29, 0.717) is 5.92 Å². The minimum Gasteiger partial charge on any atom is -0.0985 e. The van der Waals surface area contributed by atoms with E-state index in [9.17, 15) is 0 Å². The molecule has 0 spiro atoms. The summed E-state index contributed by atoms with van der Waals surface area (Å²) >= 11 is 0. The van der Waals surface area contributed by atoms with Gasteiger partial charge in [0.2, 0.25) is 0 Å². The summed E-state index contributed by atoms with van der Waals surface area (Å²) in [6.07, 6.45) is 7.54. The van der Waals surface area contributed by atoms with Gasteiger partial charge in [-0.05, 0) is 17.5 Å². The SMILES string of the molecule is C=Cc1ccc(C2C=CC2)cc1. The zero-order chi connectivity index (χ0) is 8.39. The molecule has 0 saturated heterocycles. The van der Waals surface area contributed by atoms with Crippen LogP contribution in [0.5, 0.6) is 0 Å². The van der Waals surface area contributed by atoms with Gasteiger partial charge in [-0.25, -0.2) is 0 Å². The third-order valence-electron chi connectivity index (χ3n) is 2.36. The van der Waals surface area contributed by atoms with Gasteiger partial charge in [-0.15, -0.1) is 0 Å². The second kappa shape index (κ2) is 2.98. The van der Waals surface area contributed by atoms with Crippen molar-refractivity contribution in [1.82, 2.24) is 0 Å². The summed E-state index contributed by atoms with van der Waals surface area (Å²) in [7, 11) is 0. The van der Waals surface area contributed by atoms with Gasteiger partial charge in [0.1, 0.15) is 0 Å². The van der Waals surface area contributed by atoms with Crippen molar-refractivity contribution in [3.05, 3.63) is 54.1 Å². The van der Waals surface area contributed by atoms with Gasteiger partial charge in [0.25, 0.3) is 0 Å². The molecule has 0 heterocycles. The molecule has 1 aromatic carbocycles. The van der Waals surface area contributed by atoms with Crippen molar-refractivity contribution in [3.63, 3.8) is 0 Å². The molecular weight excluding hydrogens is 144 g/mol. The smallest absolute Gasteiger partial charge is 0.00524 e. The molecule has 1 aliphatic carbocycles. The van der Waals surface area contributed by atoms with E-state index in [2.05, 4.69) is 43.0 Å². The Bertz CT molecular complexity index is 303. The van der Waals surface area contributed by atoms with Crippen molar-refractivity contribution in [2.45, 2.75) is 12.3 Å². The zero-order valence-corrected chi connectivity index (χ0v) is 7.03. The fraction of sp³-hybridized carbons (Fsp3) is 0.167. The molecule has 0 amide bonds. The molecule has 1 atom stereocenters. The normalized spacial score (nSPS) is 20.2. The third-order valence-corrected chi connectivity index (χ3v) is 2.36. The van der Waals surface area contributed by atoms with Crippen molar-refractivity contribution in [2.24, 2.45) is 0 Å². The van der Waals surface area contributed by atoms with E-state index in [1.807, 2.05) is 6.08 Å². The van der Waals surface area contributed by atoms with Crippen LogP contribution in [0, 0.1) is 0 Å². The van der Waals surface area contributed by atoms with E-state index in [4.69, 9.17) is 0 Å². The highest BCUT2D eigenvalue weighted by Crippen LogP contribution is 2.28. The summed E-state index contributed by atoms with van der Waals surface area (Å²) < 4.78 is 0. The molecule has 0 fully saturated rings. The molecule has 0 aromatic heterocycles. The van der Waals surface area contributed by atoms with Gasteiger partial charge >= 0.3 is 0 Å². The Balaban J connectivity index is 2.24. The van der Waals surface area contributed by atoms with Crippen LogP contribution >= 0.6 is 0 Å². The van der Waals surface area contributed by atoms with E-state index in [1.54, 1.807) is 0 Å². The zero-order valence-electron chi connectivity index (χ0n) is 7.03. The highest BCUT2D eigenvalue weighted by Gasteiger charge is 2.11. The third kappa shape index (κ3) is 1.20. The number of rotatable bonds is 2. The van der Waals surface area contributed by atoms with Crippen LogP contribution in [0.1, 0.15) is 23.5 Å². The fourth-order valence-electron chi connectivity index (χ4n) is 1.40. The van der Waals surface area contributed by atoms with E-state index in [0.717, 1.165) is 0 Å². The first-order chi connectivity index (χ1) is 5.90. The van der Waals surface area contributed by atoms with Crippen molar-refractivity contribution in [2.75, 3.05) is 0 Å². The van der Waals surface area contributed by atoms with Gasteiger partial charge in [0.05, 0.1) is 0 Å². The van der Waals surface area contributed by atoms with Crippen LogP contribution in [0.3, 0.4) is 0 Å². The minimum absolute atomic E-state index is 0.670. The molecule has 0 bridgehead atoms. The predicted molar refractivity (Wildman–Crippen MR) is 53.0 cm³/mol. The van der Waals surface area contributed by atoms with Gasteiger partial charge in [0.15, 0.2) is 0 Å². The quantitative estimate of drug-likeness (QED) is 0.576. The largest absolute Gasteiger partial charge is 0.0985 e. The summed E-state index contributed by atoms with van der Waals surface area (Å²) in [6.45, 7) is 3.73. The van der Waals surface area contributed by atoms with Crippen LogP contribution in [-0.2, 0) is 0 Å². The lowest BCUT2D eigenvalue weighted by Gasteiger charge is -2.17. The molecule has 0 aliphatic heterocycles. The van der Waals surface area contributed by atoms with Gasteiger partial charge in [0, 0.05) is 5.92 Å². The Morgan fingerprint density at radius 1 is 1.25 bits per heavy atom. The Labute approximate surface area is 73.2 Å². The highest BCUT2D eigenvalue weighted by atomic mass is 14.2. The van der Waals surface area contributed by atoms with Crippen molar-refractivity contribution < 1.29 is 0 Å². The number of allylic oxidation sites excluding steroid dienone is 2. The van der Waals surface area contributed by atoms with E-state index < -0.39 is 0 Å². The molecule has 0 N–H and O–H groups in total. The van der Waals surface area contributed by atoms with Crippen LogP contribution in [0.25, 0.3) is 6.08 Å². The van der Waals surface area contributed by atoms with Crippen LogP contribution < -0.4 is 0 Å². The van der Waals surface area contributed by atoms with Crippen LogP contribution in [0.4, 0.5) is 0 Å². The summed E-state index contributed by atoms with van der Waals surface area (Å²) in [5.41, 5.74) is 2.62. The first-order valence-corrected chi connectivity index (χ1v) is 4.29. The van der Waals surface area contributed by atoms with Crippen molar-refractivity contribution in [1.29, 1.82) is 0 Å². The Hall–Kier alpha value is -1.30. The van der Waals surface area contributed by atoms with Gasteiger partial charge in [-0.1, -0.05) is 49.1 Å². The Morgan fingerprint density at radius 2 is 1.92 bits per heavy atom. The molecule has 60 valence electrons. The lowest BCUT2D eigenvalue weighted by Crippen LogP contribution is -2.00. The molecular formula is C12H12. The molecule has 1 aromatic rings. The lowest BCUT2D eigenvalue weighted by atomic mass is 9.87. The number of hydrogen-bond acceptors (Lipinski definition) is 0. The molecule has 1 unspecified atom stereocenters. The fourth-order valence-corrected chi connectivity index (χ4v) is 1.40. The lowest BCUT2D eigenvalue weighted by molar-refractivity contribution is 0.793. The maximum atomic E-state index is 3.73. The van der Waals surface area contributed by atoms with Crippen LogP contribution in [0.15, 0.2) is 43.0 Å². The first-order valence-electron chi connectivity index (χ1n) is 4.29. The minimum atomic E-state index is 0.670. The average Bonchev–Trinajstić information content (AvgIpc) is 2.03. The van der Waals surface area contributed by atoms with Crippen molar-refractivity contribution in [3.8, 4) is 0 Å². The Morgan fingerprint density at radius 3 is 2.33 bits per heavy atom. The molecule has 0 saturated carbocycles. The van der Waals surface area contributed by atoms with Crippen LogP contribution in [0.2, 0.25) is 0 Å². The van der Waals surface area contributed by atoms with Gasteiger partial charge in [-0.2, -0.15) is 0 Å². The molecule has 0 heteroatoms. The Kier molecular flexibility index (Phi) is 1.83. The van der Waals surface area contributed by atoms with E-state index in [1.165, 1.54) is 17.5 Å². The molecule has 0 nitrogen and oxygen atoms in total. The monoisotopic (exact) mass is 156 g/mol. The second-order valence-electron chi connectivity index (χ2n) is 3.14. The molecule has 12 heavy (non-hydrogen) atoms. The summed E-state index contributed by atoms with van der Waals surface area (Å²) in [5, 5.41) is 0. The summed E-state index contributed by atoms with van der Waals surface area (Å²) in [5.74, 6) is 0.670. The standard InChI is InChI=1S/C12H12/c1-2-10-6-8-12(9-7-10)11-4-3-5-11/h2-4,6-9,11H,1,5H2. The topological polar surface area (TPSA) is 0 Å². The average molecular weight is 156 g/mol. The maximum absolute atomic E-state index is 3.73. The maximum Gasteiger partial charge on any atom is 0.00524 e. The van der Waals surface area contributed by atoms with Crippen LogP contribution in [-0.4, -0.2) is 0 Å². The summed E-state index contributed by atoms with van der Waals surface area (Å²) in [4.78, 5) is 0. The van der Waals surface area contributed by atoms with Gasteiger partial charge < -0.3 is 0 Å². The molecule has 2 rings (SSSR count).